The summed E-state index contributed by atoms with van der Waals surface area (Å²) in [5.74, 6) is -0.415. The van der Waals surface area contributed by atoms with E-state index in [2.05, 4.69) is 17.2 Å². The van der Waals surface area contributed by atoms with E-state index >= 15 is 0 Å². The van der Waals surface area contributed by atoms with Gasteiger partial charge in [0.05, 0.1) is 11.5 Å². The normalized spacial score (nSPS) is 26.8. The summed E-state index contributed by atoms with van der Waals surface area (Å²) < 4.78 is 19.8. The van der Waals surface area contributed by atoms with Crippen LogP contribution >= 0.6 is 0 Å². The molecule has 0 bridgehead atoms. The first kappa shape index (κ1) is 23.7. The Bertz CT molecular complexity index is 1080. The maximum absolute atomic E-state index is 13.9. The molecule has 2 aliphatic heterocycles. The highest BCUT2D eigenvalue weighted by Gasteiger charge is 2.57. The van der Waals surface area contributed by atoms with Crippen molar-refractivity contribution in [3.05, 3.63) is 65.3 Å². The number of likely N-dealkylation sites (tertiary alicyclic amines) is 1. The summed E-state index contributed by atoms with van der Waals surface area (Å²) in [6.07, 6.45) is 6.46. The topological polar surface area (TPSA) is 87.7 Å². The summed E-state index contributed by atoms with van der Waals surface area (Å²) in [5, 5.41) is 5.62. The molecule has 4 rings (SSSR count). The lowest BCUT2D eigenvalue weighted by Gasteiger charge is -2.18. The van der Waals surface area contributed by atoms with Crippen LogP contribution in [-0.4, -0.2) is 61.6 Å². The molecule has 2 fully saturated rings. The SMILES string of the molecule is C=C(/C=C\C=C/C)[C@@H]1c2cc(C(=O)NC3[C@H]4CN(C(C)=O)C[C@@H]34)cc(C(=O)NC)c2O[C@H]1CF. The number of allylic oxidation sites excluding steroid dienone is 4. The molecule has 1 unspecified atom stereocenters. The number of hydrogen-bond donors (Lipinski definition) is 2. The van der Waals surface area contributed by atoms with Gasteiger partial charge in [0.25, 0.3) is 11.8 Å². The summed E-state index contributed by atoms with van der Waals surface area (Å²) in [7, 11) is 1.49. The number of ether oxygens (including phenoxy) is 1. The molecule has 3 amide bonds. The van der Waals surface area contributed by atoms with Gasteiger partial charge < -0.3 is 20.3 Å². The lowest BCUT2D eigenvalue weighted by molar-refractivity contribution is -0.128. The van der Waals surface area contributed by atoms with Crippen LogP contribution in [0, 0.1) is 11.8 Å². The number of amides is 3. The van der Waals surface area contributed by atoms with Gasteiger partial charge >= 0.3 is 0 Å². The zero-order valence-corrected chi connectivity index (χ0v) is 19.6. The van der Waals surface area contributed by atoms with Crippen molar-refractivity contribution in [2.45, 2.75) is 31.9 Å². The van der Waals surface area contributed by atoms with Crippen LogP contribution in [0.2, 0.25) is 0 Å². The fourth-order valence-corrected chi connectivity index (χ4v) is 5.05. The van der Waals surface area contributed by atoms with Gasteiger partial charge in [0.15, 0.2) is 0 Å². The van der Waals surface area contributed by atoms with Crippen LogP contribution in [0.4, 0.5) is 4.39 Å². The Morgan fingerprint density at radius 3 is 2.50 bits per heavy atom. The van der Waals surface area contributed by atoms with Gasteiger partial charge in [-0.1, -0.05) is 30.9 Å². The van der Waals surface area contributed by atoms with Gasteiger partial charge in [-0.15, -0.1) is 0 Å². The summed E-state index contributed by atoms with van der Waals surface area (Å²) in [4.78, 5) is 39.1. The Balaban J connectivity index is 1.62. The van der Waals surface area contributed by atoms with Crippen LogP contribution in [-0.2, 0) is 4.79 Å². The van der Waals surface area contributed by atoms with Gasteiger partial charge in [-0.25, -0.2) is 4.39 Å². The highest BCUT2D eigenvalue weighted by atomic mass is 19.1. The first-order valence-corrected chi connectivity index (χ1v) is 11.5. The molecule has 1 saturated carbocycles. The molecule has 1 aromatic carbocycles. The van der Waals surface area contributed by atoms with E-state index in [1.54, 1.807) is 24.0 Å². The molecule has 3 aliphatic rings. The fourth-order valence-electron chi connectivity index (χ4n) is 5.05. The fraction of sp³-hybridized carbons (Fsp3) is 0.423. The molecule has 180 valence electrons. The van der Waals surface area contributed by atoms with Gasteiger partial charge in [-0.05, 0) is 24.6 Å². The first-order valence-electron chi connectivity index (χ1n) is 11.5. The van der Waals surface area contributed by atoms with Gasteiger partial charge in [-0.2, -0.15) is 0 Å². The number of halogens is 1. The lowest BCUT2D eigenvalue weighted by atomic mass is 9.86. The third-order valence-corrected chi connectivity index (χ3v) is 6.93. The number of benzene rings is 1. The van der Waals surface area contributed by atoms with E-state index in [0.29, 0.717) is 29.8 Å². The molecule has 2 heterocycles. The van der Waals surface area contributed by atoms with Gasteiger partial charge in [-0.3, -0.25) is 14.4 Å². The second-order valence-electron chi connectivity index (χ2n) is 9.02. The second-order valence-corrected chi connectivity index (χ2v) is 9.02. The van der Waals surface area contributed by atoms with Crippen molar-refractivity contribution >= 4 is 17.7 Å². The minimum Gasteiger partial charge on any atom is -0.486 e. The predicted molar refractivity (Wildman–Crippen MR) is 127 cm³/mol. The van der Waals surface area contributed by atoms with Crippen LogP contribution in [0.5, 0.6) is 5.75 Å². The maximum Gasteiger partial charge on any atom is 0.254 e. The molecule has 0 radical (unpaired) electrons. The molecule has 34 heavy (non-hydrogen) atoms. The van der Waals surface area contributed by atoms with Crippen LogP contribution in [0.25, 0.3) is 0 Å². The third kappa shape index (κ3) is 4.24. The van der Waals surface area contributed by atoms with E-state index in [-0.39, 0.29) is 41.0 Å². The van der Waals surface area contributed by atoms with Gasteiger partial charge in [0, 0.05) is 56.1 Å². The van der Waals surface area contributed by atoms with E-state index < -0.39 is 24.6 Å². The number of hydrogen-bond acceptors (Lipinski definition) is 4. The molecule has 0 spiro atoms. The Kier molecular flexibility index (Phi) is 6.59. The Morgan fingerprint density at radius 2 is 1.91 bits per heavy atom. The molecule has 2 N–H and O–H groups in total. The van der Waals surface area contributed by atoms with Crippen LogP contribution in [0.3, 0.4) is 0 Å². The Hall–Kier alpha value is -3.42. The molecular weight excluding hydrogens is 437 g/mol. The van der Waals surface area contributed by atoms with Crippen LogP contribution in [0.1, 0.15) is 46.0 Å². The van der Waals surface area contributed by atoms with Crippen molar-refractivity contribution in [2.75, 3.05) is 26.8 Å². The van der Waals surface area contributed by atoms with E-state index in [0.717, 1.165) is 0 Å². The summed E-state index contributed by atoms with van der Waals surface area (Å²) in [5.41, 5.74) is 1.70. The van der Waals surface area contributed by atoms with Crippen molar-refractivity contribution in [3.63, 3.8) is 0 Å². The number of rotatable bonds is 7. The zero-order valence-electron chi connectivity index (χ0n) is 19.6. The third-order valence-electron chi connectivity index (χ3n) is 6.93. The molecule has 1 saturated heterocycles. The lowest BCUT2D eigenvalue weighted by Crippen LogP contribution is -2.36. The van der Waals surface area contributed by atoms with Crippen molar-refractivity contribution in [3.8, 4) is 5.75 Å². The van der Waals surface area contributed by atoms with E-state index in [1.165, 1.54) is 13.1 Å². The quantitative estimate of drug-likeness (QED) is 0.604. The molecule has 1 aromatic rings. The number of carbonyl (C=O) groups excluding carboxylic acids is 3. The standard InChI is InChI=1S/C26H30FN3O4/c1-5-6-7-8-14(2)22-17-9-16(10-18(26(33)28-4)24(17)34-21(22)11-27)25(32)29-23-19-12-30(15(3)31)13-20(19)23/h5-10,19-23H,2,11-13H2,1,3-4H3,(H,28,33)(H,29,32)/b6-5-,8-7-/t19-,20+,21-,22+,23?/m0/s1. The van der Waals surface area contributed by atoms with Crippen LogP contribution in [0.15, 0.2) is 48.6 Å². The smallest absolute Gasteiger partial charge is 0.254 e. The Morgan fingerprint density at radius 1 is 1.21 bits per heavy atom. The summed E-state index contributed by atoms with van der Waals surface area (Å²) >= 11 is 0. The second kappa shape index (κ2) is 9.44. The van der Waals surface area contributed by atoms with Crippen LogP contribution < -0.4 is 15.4 Å². The number of piperidine rings is 1. The number of fused-ring (bicyclic) bond motifs is 2. The minimum absolute atomic E-state index is 0.00386. The van der Waals surface area contributed by atoms with Gasteiger partial charge in [0.2, 0.25) is 5.91 Å². The predicted octanol–water partition coefficient (Wildman–Crippen LogP) is 2.76. The highest BCUT2D eigenvalue weighted by Crippen LogP contribution is 2.47. The average Bonchev–Trinajstić information content (AvgIpc) is 3.17. The number of carbonyl (C=O) groups is 3. The highest BCUT2D eigenvalue weighted by molar-refractivity contribution is 6.02. The number of nitrogens with zero attached hydrogens (tertiary/aromatic N) is 1. The van der Waals surface area contributed by atoms with Crippen molar-refractivity contribution < 1.29 is 23.5 Å². The minimum atomic E-state index is -0.833. The molecule has 1 aliphatic carbocycles. The van der Waals surface area contributed by atoms with Crippen molar-refractivity contribution in [1.29, 1.82) is 0 Å². The monoisotopic (exact) mass is 467 g/mol. The number of alkyl halides is 1. The number of nitrogens with one attached hydrogen (secondary N) is 2. The van der Waals surface area contributed by atoms with E-state index in [9.17, 15) is 18.8 Å². The summed E-state index contributed by atoms with van der Waals surface area (Å²) in [6, 6.07) is 3.17. The average molecular weight is 468 g/mol. The van der Waals surface area contributed by atoms with E-state index in [1.807, 2.05) is 25.2 Å². The largest absolute Gasteiger partial charge is 0.486 e. The van der Waals surface area contributed by atoms with Gasteiger partial charge in [0.1, 0.15) is 18.5 Å². The zero-order chi connectivity index (χ0) is 24.6. The summed E-state index contributed by atoms with van der Waals surface area (Å²) in [6.45, 7) is 8.06. The van der Waals surface area contributed by atoms with Crippen molar-refractivity contribution in [2.24, 2.45) is 11.8 Å². The molecule has 8 heteroatoms. The Labute approximate surface area is 198 Å². The first-order chi connectivity index (χ1) is 16.3. The molecule has 5 atom stereocenters. The van der Waals surface area contributed by atoms with Crippen molar-refractivity contribution in [1.82, 2.24) is 15.5 Å². The molecule has 7 nitrogen and oxygen atoms in total. The molecular formula is C26H30FN3O4. The van der Waals surface area contributed by atoms with E-state index in [4.69, 9.17) is 4.74 Å². The molecule has 0 aromatic heterocycles. The maximum atomic E-state index is 13.9.